The molecular weight excluding hydrogens is 309 g/mol. The summed E-state index contributed by atoms with van der Waals surface area (Å²) in [5.74, 6) is -0.261. The highest BCUT2D eigenvalue weighted by Gasteiger charge is 2.31. The Hall–Kier alpha value is -2.70. The van der Waals surface area contributed by atoms with Crippen molar-refractivity contribution in [2.24, 2.45) is 0 Å². The highest BCUT2D eigenvalue weighted by atomic mass is 19.4. The highest BCUT2D eigenvalue weighted by molar-refractivity contribution is 5.84. The second-order valence-electron chi connectivity index (χ2n) is 5.17. The molecule has 0 spiro atoms. The summed E-state index contributed by atoms with van der Waals surface area (Å²) >= 11 is 0. The number of anilines is 2. The number of aldehydes is 1. The van der Waals surface area contributed by atoms with Gasteiger partial charge in [-0.25, -0.2) is 0 Å². The summed E-state index contributed by atoms with van der Waals surface area (Å²) in [5.41, 5.74) is 3.06. The van der Waals surface area contributed by atoms with Gasteiger partial charge in [-0.2, -0.15) is 0 Å². The maximum Gasteiger partial charge on any atom is 0.573 e. The third-order valence-corrected chi connectivity index (χ3v) is 3.65. The van der Waals surface area contributed by atoms with E-state index in [2.05, 4.69) is 10.1 Å². The molecule has 3 rings (SSSR count). The Morgan fingerprint density at radius 2 is 1.87 bits per heavy atom. The molecular formula is C16H13F3N2O2. The minimum Gasteiger partial charge on any atom is -0.406 e. The van der Waals surface area contributed by atoms with Crippen LogP contribution in [-0.4, -0.2) is 19.7 Å². The fourth-order valence-electron chi connectivity index (χ4n) is 2.58. The van der Waals surface area contributed by atoms with Gasteiger partial charge in [0.2, 0.25) is 0 Å². The molecule has 0 amide bonds. The van der Waals surface area contributed by atoms with E-state index >= 15 is 0 Å². The van der Waals surface area contributed by atoms with Crippen molar-refractivity contribution in [2.75, 3.05) is 17.3 Å². The van der Waals surface area contributed by atoms with Crippen LogP contribution in [0.15, 0.2) is 42.5 Å². The lowest BCUT2D eigenvalue weighted by Crippen LogP contribution is -2.23. The number of hydrogen-bond acceptors (Lipinski definition) is 4. The highest BCUT2D eigenvalue weighted by Crippen LogP contribution is 2.40. The molecule has 1 aliphatic heterocycles. The molecule has 1 heterocycles. The van der Waals surface area contributed by atoms with Crippen LogP contribution in [0.2, 0.25) is 0 Å². The van der Waals surface area contributed by atoms with Gasteiger partial charge in [0.1, 0.15) is 18.2 Å². The molecule has 7 heteroatoms. The average Bonchev–Trinajstić information content (AvgIpc) is 2.83. The van der Waals surface area contributed by atoms with E-state index in [0.717, 1.165) is 23.2 Å². The molecule has 1 aliphatic rings. The van der Waals surface area contributed by atoms with Crippen LogP contribution in [0.3, 0.4) is 0 Å². The topological polar surface area (TPSA) is 41.6 Å². The van der Waals surface area contributed by atoms with Gasteiger partial charge in [0.15, 0.2) is 0 Å². The Morgan fingerprint density at radius 3 is 2.48 bits per heavy atom. The number of rotatable bonds is 3. The number of halogens is 3. The Labute approximate surface area is 130 Å². The van der Waals surface area contributed by atoms with Gasteiger partial charge in [-0.15, -0.1) is 13.2 Å². The number of carbonyl (C=O) groups is 1. The van der Waals surface area contributed by atoms with Crippen LogP contribution in [0.1, 0.15) is 22.1 Å². The Kier molecular flexibility index (Phi) is 3.63. The van der Waals surface area contributed by atoms with E-state index in [-0.39, 0.29) is 11.9 Å². The number of nitrogens with one attached hydrogen (secondary N) is 1. The molecule has 0 saturated carbocycles. The number of alkyl halides is 3. The molecule has 0 bridgehead atoms. The van der Waals surface area contributed by atoms with Gasteiger partial charge < -0.3 is 15.0 Å². The first kappa shape index (κ1) is 15.2. The van der Waals surface area contributed by atoms with Gasteiger partial charge in [-0.1, -0.05) is 12.1 Å². The van der Waals surface area contributed by atoms with E-state index in [4.69, 9.17) is 0 Å². The molecule has 1 N–H and O–H groups in total. The zero-order valence-corrected chi connectivity index (χ0v) is 12.1. The SMILES string of the molecule is CN1c2cc(C=O)ccc2NC1c1ccc(OC(F)(F)F)cc1. The molecule has 120 valence electrons. The first-order valence-electron chi connectivity index (χ1n) is 6.82. The van der Waals surface area contributed by atoms with Crippen LogP contribution in [-0.2, 0) is 0 Å². The molecule has 23 heavy (non-hydrogen) atoms. The molecule has 0 aliphatic carbocycles. The minimum atomic E-state index is -4.70. The number of nitrogens with zero attached hydrogens (tertiary/aromatic N) is 1. The van der Waals surface area contributed by atoms with Gasteiger partial charge in [0, 0.05) is 12.6 Å². The number of ether oxygens (including phenoxy) is 1. The Morgan fingerprint density at radius 1 is 1.17 bits per heavy atom. The van der Waals surface area contributed by atoms with Crippen LogP contribution in [0, 0.1) is 0 Å². The van der Waals surface area contributed by atoms with Crippen molar-refractivity contribution in [3.05, 3.63) is 53.6 Å². The minimum absolute atomic E-state index is 0.230. The monoisotopic (exact) mass is 322 g/mol. The van der Waals surface area contributed by atoms with Crippen LogP contribution < -0.4 is 15.0 Å². The molecule has 1 atom stereocenters. The summed E-state index contributed by atoms with van der Waals surface area (Å²) in [6, 6.07) is 11.0. The lowest BCUT2D eigenvalue weighted by molar-refractivity contribution is -0.274. The molecule has 2 aromatic rings. The molecule has 0 fully saturated rings. The van der Waals surface area contributed by atoms with Crippen LogP contribution in [0.25, 0.3) is 0 Å². The van der Waals surface area contributed by atoms with Crippen molar-refractivity contribution in [2.45, 2.75) is 12.5 Å². The number of carbonyl (C=O) groups excluding carboxylic acids is 1. The zero-order chi connectivity index (χ0) is 16.6. The van der Waals surface area contributed by atoms with Gasteiger partial charge in [-0.3, -0.25) is 4.79 Å². The first-order chi connectivity index (χ1) is 10.9. The van der Waals surface area contributed by atoms with Gasteiger partial charge in [0.25, 0.3) is 0 Å². The van der Waals surface area contributed by atoms with Crippen LogP contribution in [0.5, 0.6) is 5.75 Å². The average molecular weight is 322 g/mol. The second-order valence-corrected chi connectivity index (χ2v) is 5.17. The zero-order valence-electron chi connectivity index (χ0n) is 12.1. The maximum absolute atomic E-state index is 12.2. The summed E-state index contributed by atoms with van der Waals surface area (Å²) in [7, 11) is 1.85. The number of fused-ring (bicyclic) bond motifs is 1. The Balaban J connectivity index is 1.82. The quantitative estimate of drug-likeness (QED) is 0.869. The molecule has 1 unspecified atom stereocenters. The summed E-state index contributed by atoms with van der Waals surface area (Å²) in [5, 5.41) is 3.27. The van der Waals surface area contributed by atoms with Crippen molar-refractivity contribution < 1.29 is 22.7 Å². The van der Waals surface area contributed by atoms with E-state index < -0.39 is 6.36 Å². The van der Waals surface area contributed by atoms with E-state index in [1.165, 1.54) is 12.1 Å². The first-order valence-corrected chi connectivity index (χ1v) is 6.82. The summed E-state index contributed by atoms with van der Waals surface area (Å²) in [6.07, 6.45) is -4.16. The summed E-state index contributed by atoms with van der Waals surface area (Å²) in [4.78, 5) is 12.8. The molecule has 0 saturated heterocycles. The Bertz CT molecular complexity index is 729. The predicted molar refractivity (Wildman–Crippen MR) is 79.7 cm³/mol. The maximum atomic E-state index is 12.2. The van der Waals surface area contributed by atoms with E-state index in [9.17, 15) is 18.0 Å². The molecule has 2 aromatic carbocycles. The normalized spacial score (nSPS) is 16.7. The molecule has 0 aromatic heterocycles. The van der Waals surface area contributed by atoms with E-state index in [1.54, 1.807) is 30.3 Å². The standard InChI is InChI=1S/C16H13F3N2O2/c1-21-14-8-10(9-22)2-7-13(14)20-15(21)11-3-5-12(6-4-11)23-16(17,18)19/h2-9,15,20H,1H3. The fourth-order valence-corrected chi connectivity index (χ4v) is 2.58. The van der Waals surface area contributed by atoms with Crippen molar-refractivity contribution in [1.29, 1.82) is 0 Å². The number of benzene rings is 2. The third kappa shape index (κ3) is 3.08. The molecule has 0 radical (unpaired) electrons. The van der Waals surface area contributed by atoms with Crippen molar-refractivity contribution in [3.8, 4) is 5.75 Å². The van der Waals surface area contributed by atoms with Crippen LogP contribution in [0.4, 0.5) is 24.5 Å². The lowest BCUT2D eigenvalue weighted by Gasteiger charge is -2.22. The summed E-state index contributed by atoms with van der Waals surface area (Å²) in [6.45, 7) is 0. The van der Waals surface area contributed by atoms with Gasteiger partial charge >= 0.3 is 6.36 Å². The fraction of sp³-hybridized carbons (Fsp3) is 0.188. The molecule has 4 nitrogen and oxygen atoms in total. The van der Waals surface area contributed by atoms with Crippen molar-refractivity contribution in [3.63, 3.8) is 0 Å². The van der Waals surface area contributed by atoms with Crippen molar-refractivity contribution in [1.82, 2.24) is 0 Å². The predicted octanol–water partition coefficient (Wildman–Crippen LogP) is 3.96. The largest absolute Gasteiger partial charge is 0.573 e. The van der Waals surface area contributed by atoms with Crippen LogP contribution >= 0.6 is 0 Å². The second kappa shape index (κ2) is 5.49. The van der Waals surface area contributed by atoms with Crippen molar-refractivity contribution >= 4 is 17.7 Å². The summed E-state index contributed by atoms with van der Waals surface area (Å²) < 4.78 is 40.4. The lowest BCUT2D eigenvalue weighted by atomic mass is 10.1. The van der Waals surface area contributed by atoms with Gasteiger partial charge in [0.05, 0.1) is 11.4 Å². The smallest absolute Gasteiger partial charge is 0.406 e. The third-order valence-electron chi connectivity index (χ3n) is 3.65. The van der Waals surface area contributed by atoms with E-state index in [1.807, 2.05) is 11.9 Å². The number of hydrogen-bond donors (Lipinski definition) is 1. The van der Waals surface area contributed by atoms with E-state index in [0.29, 0.717) is 5.56 Å². The van der Waals surface area contributed by atoms with Gasteiger partial charge in [-0.05, 0) is 35.9 Å².